The van der Waals surface area contributed by atoms with E-state index in [0.717, 1.165) is 12.0 Å². The molecule has 0 heterocycles. The van der Waals surface area contributed by atoms with Crippen LogP contribution < -0.4 is 0 Å². The number of hydrogen-bond acceptors (Lipinski definition) is 1. The minimum atomic E-state index is 0.244. The Bertz CT molecular complexity index is 175. The van der Waals surface area contributed by atoms with Crippen molar-refractivity contribution in [3.63, 3.8) is 0 Å². The maximum Gasteiger partial charge on any atom is 0.162 e. The summed E-state index contributed by atoms with van der Waals surface area (Å²) in [6.45, 7) is 5.83. The van der Waals surface area contributed by atoms with Gasteiger partial charge in [0.05, 0.1) is 0 Å². The van der Waals surface area contributed by atoms with Gasteiger partial charge in [-0.3, -0.25) is 4.79 Å². The molecule has 0 aliphatic heterocycles. The van der Waals surface area contributed by atoms with Gasteiger partial charge in [0.25, 0.3) is 0 Å². The van der Waals surface area contributed by atoms with E-state index in [1.807, 2.05) is 39.0 Å². The largest absolute Gasteiger partial charge is 0.294 e. The van der Waals surface area contributed by atoms with Crippen molar-refractivity contribution in [2.75, 3.05) is 0 Å². The first-order valence-corrected chi connectivity index (χ1v) is 4.08. The molecule has 0 aliphatic carbocycles. The number of rotatable bonds is 4. The van der Waals surface area contributed by atoms with E-state index in [-0.39, 0.29) is 5.78 Å². The van der Waals surface area contributed by atoms with Gasteiger partial charge in [-0.2, -0.15) is 0 Å². The molecular formula is C10H16O. The predicted molar refractivity (Wildman–Crippen MR) is 48.5 cm³/mol. The fraction of sp³-hybridized carbons (Fsp3) is 0.500. The molecule has 0 spiro atoms. The lowest BCUT2D eigenvalue weighted by atomic mass is 10.1. The number of carbonyl (C=O) groups excluding carboxylic acids is 1. The van der Waals surface area contributed by atoms with E-state index in [9.17, 15) is 4.79 Å². The van der Waals surface area contributed by atoms with Crippen LogP contribution in [0.5, 0.6) is 0 Å². The van der Waals surface area contributed by atoms with Crippen molar-refractivity contribution in [3.05, 3.63) is 23.8 Å². The van der Waals surface area contributed by atoms with E-state index in [2.05, 4.69) is 0 Å². The highest BCUT2D eigenvalue weighted by molar-refractivity contribution is 5.97. The van der Waals surface area contributed by atoms with E-state index in [1.165, 1.54) is 0 Å². The Hall–Kier alpha value is -0.850. The molecule has 1 heteroatoms. The van der Waals surface area contributed by atoms with Crippen LogP contribution in [0.4, 0.5) is 0 Å². The van der Waals surface area contributed by atoms with Crippen molar-refractivity contribution in [2.24, 2.45) is 0 Å². The molecule has 0 rings (SSSR count). The molecule has 0 aromatic carbocycles. The van der Waals surface area contributed by atoms with E-state index in [0.29, 0.717) is 6.42 Å². The number of hydrogen-bond donors (Lipinski definition) is 0. The lowest BCUT2D eigenvalue weighted by Gasteiger charge is -1.97. The maximum absolute atomic E-state index is 11.2. The number of ketones is 1. The standard InChI is InChI=1S/C10H16O/c1-4-7-9(6-3)10(11)8-5-2/h4,6-7H,5,8H2,1-3H3/b7-4-,9-6+. The summed E-state index contributed by atoms with van der Waals surface area (Å²) in [6.07, 6.45) is 7.19. The zero-order valence-corrected chi connectivity index (χ0v) is 7.55. The van der Waals surface area contributed by atoms with Crippen LogP contribution in [0.1, 0.15) is 33.6 Å². The Kier molecular flexibility index (Phi) is 5.44. The highest BCUT2D eigenvalue weighted by Gasteiger charge is 2.01. The molecule has 0 fully saturated rings. The van der Waals surface area contributed by atoms with Crippen LogP contribution in [-0.2, 0) is 4.79 Å². The molecular weight excluding hydrogens is 136 g/mol. The highest BCUT2D eigenvalue weighted by atomic mass is 16.1. The molecule has 0 aromatic rings. The average Bonchev–Trinajstić information content (AvgIpc) is 2.00. The van der Waals surface area contributed by atoms with Crippen molar-refractivity contribution in [1.29, 1.82) is 0 Å². The quantitative estimate of drug-likeness (QED) is 0.447. The normalized spacial score (nSPS) is 12.5. The second-order valence-corrected chi connectivity index (χ2v) is 2.42. The number of allylic oxidation sites excluding steroid dienone is 4. The molecule has 0 radical (unpaired) electrons. The molecule has 0 bridgehead atoms. The van der Waals surface area contributed by atoms with Crippen LogP contribution >= 0.6 is 0 Å². The van der Waals surface area contributed by atoms with E-state index < -0.39 is 0 Å². The highest BCUT2D eigenvalue weighted by Crippen LogP contribution is 2.03. The summed E-state index contributed by atoms with van der Waals surface area (Å²) in [5.74, 6) is 0.244. The lowest BCUT2D eigenvalue weighted by Crippen LogP contribution is -1.98. The Balaban J connectivity index is 4.16. The zero-order valence-electron chi connectivity index (χ0n) is 7.55. The molecule has 0 saturated carbocycles. The Morgan fingerprint density at radius 2 is 2.00 bits per heavy atom. The molecule has 11 heavy (non-hydrogen) atoms. The Morgan fingerprint density at radius 1 is 1.36 bits per heavy atom. The van der Waals surface area contributed by atoms with Gasteiger partial charge in [0.15, 0.2) is 5.78 Å². The Labute approximate surface area is 68.8 Å². The predicted octanol–water partition coefficient (Wildman–Crippen LogP) is 2.88. The van der Waals surface area contributed by atoms with Crippen molar-refractivity contribution < 1.29 is 4.79 Å². The van der Waals surface area contributed by atoms with Crippen molar-refractivity contribution in [3.8, 4) is 0 Å². The molecule has 0 aliphatic rings. The molecule has 0 N–H and O–H groups in total. The summed E-state index contributed by atoms with van der Waals surface area (Å²) < 4.78 is 0. The van der Waals surface area contributed by atoms with Gasteiger partial charge in [-0.05, 0) is 20.3 Å². The summed E-state index contributed by atoms with van der Waals surface area (Å²) in [4.78, 5) is 11.2. The van der Waals surface area contributed by atoms with E-state index >= 15 is 0 Å². The monoisotopic (exact) mass is 152 g/mol. The fourth-order valence-corrected chi connectivity index (χ4v) is 0.901. The van der Waals surface area contributed by atoms with Crippen LogP contribution in [0, 0.1) is 0 Å². The topological polar surface area (TPSA) is 17.1 Å². The SMILES string of the molecule is C/C=C\C(=C/C)C(=O)CCC. The number of Topliss-reactive ketones (excluding diaryl/α,β-unsaturated/α-hetero) is 1. The van der Waals surface area contributed by atoms with Crippen LogP contribution in [0.2, 0.25) is 0 Å². The first-order chi connectivity index (χ1) is 5.26. The van der Waals surface area contributed by atoms with Crippen molar-refractivity contribution in [1.82, 2.24) is 0 Å². The van der Waals surface area contributed by atoms with Crippen LogP contribution in [0.15, 0.2) is 23.8 Å². The molecule has 0 aromatic heterocycles. The maximum atomic E-state index is 11.2. The third kappa shape index (κ3) is 3.76. The van der Waals surface area contributed by atoms with Crippen LogP contribution in [0.25, 0.3) is 0 Å². The second kappa shape index (κ2) is 5.90. The van der Waals surface area contributed by atoms with E-state index in [1.54, 1.807) is 0 Å². The smallest absolute Gasteiger partial charge is 0.162 e. The molecule has 1 nitrogen and oxygen atoms in total. The van der Waals surface area contributed by atoms with Gasteiger partial charge >= 0.3 is 0 Å². The molecule has 0 atom stereocenters. The molecule has 62 valence electrons. The van der Waals surface area contributed by atoms with Crippen molar-refractivity contribution >= 4 is 5.78 Å². The van der Waals surface area contributed by atoms with Gasteiger partial charge < -0.3 is 0 Å². The van der Waals surface area contributed by atoms with Gasteiger partial charge in [0, 0.05) is 12.0 Å². The van der Waals surface area contributed by atoms with E-state index in [4.69, 9.17) is 0 Å². The van der Waals surface area contributed by atoms with Crippen molar-refractivity contribution in [2.45, 2.75) is 33.6 Å². The summed E-state index contributed by atoms with van der Waals surface area (Å²) in [6, 6.07) is 0. The lowest BCUT2D eigenvalue weighted by molar-refractivity contribution is -0.115. The zero-order chi connectivity index (χ0) is 8.69. The van der Waals surface area contributed by atoms with Crippen LogP contribution in [-0.4, -0.2) is 5.78 Å². The molecule has 0 unspecified atom stereocenters. The average molecular weight is 152 g/mol. The fourth-order valence-electron chi connectivity index (χ4n) is 0.901. The summed E-state index contributed by atoms with van der Waals surface area (Å²) in [5, 5.41) is 0. The third-order valence-corrected chi connectivity index (χ3v) is 1.46. The second-order valence-electron chi connectivity index (χ2n) is 2.42. The minimum absolute atomic E-state index is 0.244. The van der Waals surface area contributed by atoms with Gasteiger partial charge in [0.2, 0.25) is 0 Å². The number of carbonyl (C=O) groups is 1. The molecule has 0 amide bonds. The minimum Gasteiger partial charge on any atom is -0.294 e. The third-order valence-electron chi connectivity index (χ3n) is 1.46. The molecule has 0 saturated heterocycles. The first-order valence-electron chi connectivity index (χ1n) is 4.08. The van der Waals surface area contributed by atoms with Gasteiger partial charge in [-0.25, -0.2) is 0 Å². The first kappa shape index (κ1) is 10.2. The Morgan fingerprint density at radius 3 is 2.36 bits per heavy atom. The van der Waals surface area contributed by atoms with Gasteiger partial charge in [-0.15, -0.1) is 0 Å². The summed E-state index contributed by atoms with van der Waals surface area (Å²) in [7, 11) is 0. The summed E-state index contributed by atoms with van der Waals surface area (Å²) >= 11 is 0. The summed E-state index contributed by atoms with van der Waals surface area (Å²) in [5.41, 5.74) is 0.828. The van der Waals surface area contributed by atoms with Gasteiger partial charge in [-0.1, -0.05) is 25.2 Å². The van der Waals surface area contributed by atoms with Gasteiger partial charge in [0.1, 0.15) is 0 Å². The van der Waals surface area contributed by atoms with Crippen LogP contribution in [0.3, 0.4) is 0 Å².